The van der Waals surface area contributed by atoms with Crippen molar-refractivity contribution in [1.82, 2.24) is 14.9 Å². The fraction of sp³-hybridized carbons (Fsp3) is 0.423. The molecule has 0 bridgehead atoms. The van der Waals surface area contributed by atoms with Gasteiger partial charge in [0, 0.05) is 22.7 Å². The van der Waals surface area contributed by atoms with Gasteiger partial charge in [0.05, 0.1) is 6.54 Å². The van der Waals surface area contributed by atoms with Crippen LogP contribution >= 0.6 is 0 Å². The molecule has 1 atom stereocenters. The standard InChI is InChI=1S/C26H32FN3O/c1-5-11-30(12-10-18(4)17(2)3)16-26-29-24-13-19(6-9-25(24)31-26)22-15-28-23-14-20(27)7-8-21(22)23/h6-9,13-15,17-18,28H,5,10-12,16H2,1-4H3. The molecule has 0 spiro atoms. The number of fused-ring (bicyclic) bond motifs is 2. The highest BCUT2D eigenvalue weighted by Gasteiger charge is 2.15. The largest absolute Gasteiger partial charge is 0.439 e. The van der Waals surface area contributed by atoms with Gasteiger partial charge in [0.25, 0.3) is 0 Å². The second-order valence-electron chi connectivity index (χ2n) is 8.97. The number of rotatable bonds is 9. The molecule has 2 aromatic carbocycles. The number of oxazole rings is 1. The molecule has 0 fully saturated rings. The van der Waals surface area contributed by atoms with Gasteiger partial charge < -0.3 is 9.40 Å². The third-order valence-corrected chi connectivity index (χ3v) is 6.32. The molecule has 0 aliphatic carbocycles. The van der Waals surface area contributed by atoms with Crippen LogP contribution in [0.3, 0.4) is 0 Å². The molecule has 4 aromatic rings. The fourth-order valence-electron chi connectivity index (χ4n) is 4.04. The summed E-state index contributed by atoms with van der Waals surface area (Å²) in [4.78, 5) is 10.4. The molecule has 0 amide bonds. The van der Waals surface area contributed by atoms with Crippen molar-refractivity contribution in [3.8, 4) is 11.1 Å². The van der Waals surface area contributed by atoms with Crippen LogP contribution in [0.25, 0.3) is 33.1 Å². The van der Waals surface area contributed by atoms with Crippen molar-refractivity contribution in [3.05, 3.63) is 54.3 Å². The van der Waals surface area contributed by atoms with Gasteiger partial charge in [-0.05, 0) is 73.7 Å². The van der Waals surface area contributed by atoms with Crippen LogP contribution in [0.1, 0.15) is 46.4 Å². The molecule has 0 saturated heterocycles. The predicted molar refractivity (Wildman–Crippen MR) is 125 cm³/mol. The molecule has 4 rings (SSSR count). The van der Waals surface area contributed by atoms with E-state index >= 15 is 0 Å². The Morgan fingerprint density at radius 3 is 2.71 bits per heavy atom. The first-order chi connectivity index (χ1) is 14.9. The van der Waals surface area contributed by atoms with Gasteiger partial charge >= 0.3 is 0 Å². The molecule has 1 unspecified atom stereocenters. The smallest absolute Gasteiger partial charge is 0.209 e. The lowest BCUT2D eigenvalue weighted by molar-refractivity contribution is 0.215. The van der Waals surface area contributed by atoms with Crippen LogP contribution in [0.2, 0.25) is 0 Å². The fourth-order valence-corrected chi connectivity index (χ4v) is 4.04. The SMILES string of the molecule is CCCN(CCC(C)C(C)C)Cc1nc2cc(-c3c[nH]c4cc(F)ccc34)ccc2o1. The Balaban J connectivity index is 1.55. The van der Waals surface area contributed by atoms with Crippen molar-refractivity contribution in [2.45, 2.75) is 47.1 Å². The van der Waals surface area contributed by atoms with Crippen LogP contribution in [0.5, 0.6) is 0 Å². The van der Waals surface area contributed by atoms with E-state index in [2.05, 4.69) is 43.6 Å². The van der Waals surface area contributed by atoms with Crippen LogP contribution < -0.4 is 0 Å². The summed E-state index contributed by atoms with van der Waals surface area (Å²) in [7, 11) is 0. The first kappa shape index (κ1) is 21.6. The molecule has 2 aromatic heterocycles. The number of nitrogens with one attached hydrogen (secondary N) is 1. The highest BCUT2D eigenvalue weighted by Crippen LogP contribution is 2.31. The first-order valence-corrected chi connectivity index (χ1v) is 11.3. The van der Waals surface area contributed by atoms with E-state index in [9.17, 15) is 4.39 Å². The number of aromatic nitrogens is 2. The number of benzene rings is 2. The van der Waals surface area contributed by atoms with Crippen molar-refractivity contribution < 1.29 is 8.81 Å². The zero-order valence-electron chi connectivity index (χ0n) is 18.9. The van der Waals surface area contributed by atoms with Crippen LogP contribution in [-0.2, 0) is 6.54 Å². The number of H-pyrrole nitrogens is 1. The first-order valence-electron chi connectivity index (χ1n) is 11.3. The molecule has 5 heteroatoms. The van der Waals surface area contributed by atoms with Crippen molar-refractivity contribution in [1.29, 1.82) is 0 Å². The minimum Gasteiger partial charge on any atom is -0.439 e. The van der Waals surface area contributed by atoms with Crippen molar-refractivity contribution in [2.24, 2.45) is 11.8 Å². The molecule has 0 aliphatic heterocycles. The van der Waals surface area contributed by atoms with Gasteiger partial charge in [-0.15, -0.1) is 0 Å². The molecule has 164 valence electrons. The van der Waals surface area contributed by atoms with Gasteiger partial charge in [-0.3, -0.25) is 4.90 Å². The monoisotopic (exact) mass is 421 g/mol. The van der Waals surface area contributed by atoms with Crippen LogP contribution in [-0.4, -0.2) is 28.0 Å². The zero-order valence-corrected chi connectivity index (χ0v) is 18.9. The molecule has 1 N–H and O–H groups in total. The lowest BCUT2D eigenvalue weighted by Gasteiger charge is -2.23. The van der Waals surface area contributed by atoms with Crippen molar-refractivity contribution in [3.63, 3.8) is 0 Å². The van der Waals surface area contributed by atoms with Gasteiger partial charge in [-0.2, -0.15) is 0 Å². The molecular formula is C26H32FN3O. The lowest BCUT2D eigenvalue weighted by atomic mass is 9.94. The average molecular weight is 422 g/mol. The number of nitrogens with zero attached hydrogens (tertiary/aromatic N) is 2. The minimum absolute atomic E-state index is 0.239. The summed E-state index contributed by atoms with van der Waals surface area (Å²) < 4.78 is 19.6. The van der Waals surface area contributed by atoms with E-state index in [-0.39, 0.29) is 5.82 Å². The highest BCUT2D eigenvalue weighted by atomic mass is 19.1. The quantitative estimate of drug-likeness (QED) is 0.316. The molecule has 0 saturated carbocycles. The number of halogens is 1. The Morgan fingerprint density at radius 1 is 1.10 bits per heavy atom. The topological polar surface area (TPSA) is 45.1 Å². The maximum absolute atomic E-state index is 13.5. The zero-order chi connectivity index (χ0) is 22.0. The third-order valence-electron chi connectivity index (χ3n) is 6.32. The van der Waals surface area contributed by atoms with Crippen LogP contribution in [0.4, 0.5) is 4.39 Å². The summed E-state index contributed by atoms with van der Waals surface area (Å²) in [5.74, 6) is 1.93. The summed E-state index contributed by atoms with van der Waals surface area (Å²) >= 11 is 0. The van der Waals surface area contributed by atoms with Gasteiger partial charge in [-0.25, -0.2) is 9.37 Å². The van der Waals surface area contributed by atoms with Gasteiger partial charge in [-0.1, -0.05) is 33.8 Å². The van der Waals surface area contributed by atoms with Gasteiger partial charge in [0.1, 0.15) is 11.3 Å². The minimum atomic E-state index is -0.239. The summed E-state index contributed by atoms with van der Waals surface area (Å²) in [6.45, 7) is 12.0. The van der Waals surface area contributed by atoms with E-state index in [1.165, 1.54) is 18.6 Å². The molecule has 0 aliphatic rings. The van der Waals surface area contributed by atoms with Gasteiger partial charge in [0.2, 0.25) is 5.89 Å². The van der Waals surface area contributed by atoms with E-state index in [0.717, 1.165) is 65.1 Å². The maximum atomic E-state index is 13.5. The molecule has 4 nitrogen and oxygen atoms in total. The molecule has 2 heterocycles. The second-order valence-corrected chi connectivity index (χ2v) is 8.97. The average Bonchev–Trinajstić information content (AvgIpc) is 3.34. The van der Waals surface area contributed by atoms with E-state index in [0.29, 0.717) is 11.8 Å². The Morgan fingerprint density at radius 2 is 1.94 bits per heavy atom. The van der Waals surface area contributed by atoms with Gasteiger partial charge in [0.15, 0.2) is 5.58 Å². The Kier molecular flexibility index (Phi) is 6.42. The Hall–Kier alpha value is -2.66. The molecule has 0 radical (unpaired) electrons. The second kappa shape index (κ2) is 9.23. The lowest BCUT2D eigenvalue weighted by Crippen LogP contribution is -2.27. The summed E-state index contributed by atoms with van der Waals surface area (Å²) in [6.07, 6.45) is 4.22. The van der Waals surface area contributed by atoms with Crippen molar-refractivity contribution in [2.75, 3.05) is 13.1 Å². The number of hydrogen-bond donors (Lipinski definition) is 1. The molecule has 31 heavy (non-hydrogen) atoms. The van der Waals surface area contributed by atoms with E-state index < -0.39 is 0 Å². The Bertz CT molecular complexity index is 1160. The van der Waals surface area contributed by atoms with Crippen molar-refractivity contribution >= 4 is 22.0 Å². The van der Waals surface area contributed by atoms with Crippen LogP contribution in [0.15, 0.2) is 47.0 Å². The number of hydrogen-bond acceptors (Lipinski definition) is 3. The maximum Gasteiger partial charge on any atom is 0.209 e. The summed E-state index contributed by atoms with van der Waals surface area (Å²) in [5, 5.41) is 0.998. The Labute approximate surface area is 183 Å². The predicted octanol–water partition coefficient (Wildman–Crippen LogP) is 7.01. The molecular weight excluding hydrogens is 389 g/mol. The number of aromatic amines is 1. The van der Waals surface area contributed by atoms with E-state index in [1.807, 2.05) is 24.4 Å². The van der Waals surface area contributed by atoms with E-state index in [4.69, 9.17) is 9.40 Å². The van der Waals surface area contributed by atoms with E-state index in [1.54, 1.807) is 0 Å². The summed E-state index contributed by atoms with van der Waals surface area (Å²) in [6, 6.07) is 10.9. The normalized spacial score (nSPS) is 13.1. The van der Waals surface area contributed by atoms with Crippen LogP contribution in [0, 0.1) is 17.7 Å². The highest BCUT2D eigenvalue weighted by molar-refractivity contribution is 5.97. The summed E-state index contributed by atoms with van der Waals surface area (Å²) in [5.41, 5.74) is 4.53. The third kappa shape index (κ3) is 4.82.